The molecule has 1 fully saturated rings. The third-order valence-electron chi connectivity index (χ3n) is 4.64. The summed E-state index contributed by atoms with van der Waals surface area (Å²) in [5, 5.41) is 2.80. The van der Waals surface area contributed by atoms with Gasteiger partial charge in [-0.15, -0.1) is 11.8 Å². The summed E-state index contributed by atoms with van der Waals surface area (Å²) in [6, 6.07) is 7.01. The molecule has 0 saturated carbocycles. The van der Waals surface area contributed by atoms with E-state index in [-0.39, 0.29) is 30.2 Å². The van der Waals surface area contributed by atoms with Gasteiger partial charge in [-0.2, -0.15) is 0 Å². The Morgan fingerprint density at radius 2 is 1.81 bits per heavy atom. The lowest BCUT2D eigenvalue weighted by Gasteiger charge is -2.17. The minimum Gasteiger partial charge on any atom is -0.452 e. The van der Waals surface area contributed by atoms with Crippen LogP contribution < -0.4 is 5.32 Å². The maximum absolute atomic E-state index is 12.4. The summed E-state index contributed by atoms with van der Waals surface area (Å²) < 4.78 is 5.16. The second kappa shape index (κ2) is 10.3. The van der Waals surface area contributed by atoms with Crippen molar-refractivity contribution in [1.29, 1.82) is 0 Å². The topological polar surface area (TPSA) is 75.7 Å². The van der Waals surface area contributed by atoms with Gasteiger partial charge in [0.25, 0.3) is 5.91 Å². The van der Waals surface area contributed by atoms with Crippen molar-refractivity contribution in [3.05, 3.63) is 29.8 Å². The van der Waals surface area contributed by atoms with E-state index in [1.807, 2.05) is 31.7 Å². The molecule has 27 heavy (non-hydrogen) atoms. The number of ether oxygens (including phenoxy) is 1. The summed E-state index contributed by atoms with van der Waals surface area (Å²) in [7, 11) is 0. The maximum atomic E-state index is 12.4. The molecule has 7 heteroatoms. The van der Waals surface area contributed by atoms with Crippen molar-refractivity contribution < 1.29 is 19.1 Å². The molecule has 2 amide bonds. The number of hydrogen-bond acceptors (Lipinski definition) is 5. The minimum atomic E-state index is -0.556. The largest absolute Gasteiger partial charge is 0.452 e. The molecule has 0 bridgehead atoms. The smallest absolute Gasteiger partial charge is 0.339 e. The van der Waals surface area contributed by atoms with Crippen LogP contribution in [0.2, 0.25) is 0 Å². The van der Waals surface area contributed by atoms with Crippen molar-refractivity contribution in [1.82, 2.24) is 10.2 Å². The average Bonchev–Trinajstić information content (AvgIpc) is 3.19. The van der Waals surface area contributed by atoms with Crippen molar-refractivity contribution >= 4 is 29.5 Å². The fraction of sp³-hybridized carbons (Fsp3) is 0.550. The molecule has 0 unspecified atom stereocenters. The number of esters is 1. The zero-order chi connectivity index (χ0) is 19.8. The number of likely N-dealkylation sites (tertiary alicyclic amines) is 1. The van der Waals surface area contributed by atoms with E-state index in [9.17, 15) is 14.4 Å². The molecular weight excluding hydrogens is 364 g/mol. The third kappa shape index (κ3) is 6.57. The van der Waals surface area contributed by atoms with Gasteiger partial charge in [-0.1, -0.05) is 26.0 Å². The van der Waals surface area contributed by atoms with E-state index >= 15 is 0 Å². The van der Waals surface area contributed by atoms with Gasteiger partial charge in [0, 0.05) is 24.0 Å². The van der Waals surface area contributed by atoms with Gasteiger partial charge in [0.2, 0.25) is 5.91 Å². The minimum absolute atomic E-state index is 0.00986. The molecule has 1 saturated heterocycles. The van der Waals surface area contributed by atoms with Gasteiger partial charge in [-0.25, -0.2) is 4.79 Å². The highest BCUT2D eigenvalue weighted by Gasteiger charge is 2.20. The van der Waals surface area contributed by atoms with E-state index in [2.05, 4.69) is 5.32 Å². The number of thioether (sulfide) groups is 1. The third-order valence-corrected chi connectivity index (χ3v) is 5.70. The standard InChI is InChI=1S/C20H28N2O4S/c1-14(2)15(3)21-18(23)12-26-20(25)16-8-4-5-9-17(16)27-13-19(24)22-10-6-7-11-22/h4-5,8-9,14-15H,6-7,10-13H2,1-3H3,(H,21,23)/t15-/m1/s1. The lowest BCUT2D eigenvalue weighted by Crippen LogP contribution is -2.38. The summed E-state index contributed by atoms with van der Waals surface area (Å²) in [6.45, 7) is 7.23. The first kappa shape index (κ1) is 21.3. The molecular formula is C20H28N2O4S. The van der Waals surface area contributed by atoms with Crippen molar-refractivity contribution in [3.8, 4) is 0 Å². The Morgan fingerprint density at radius 1 is 1.15 bits per heavy atom. The van der Waals surface area contributed by atoms with Crippen molar-refractivity contribution in [2.24, 2.45) is 5.92 Å². The summed E-state index contributed by atoms with van der Waals surface area (Å²) in [5.41, 5.74) is 0.376. The second-order valence-electron chi connectivity index (χ2n) is 7.05. The highest BCUT2D eigenvalue weighted by molar-refractivity contribution is 8.00. The Hall–Kier alpha value is -2.02. The molecule has 6 nitrogen and oxygen atoms in total. The Balaban J connectivity index is 1.88. The second-order valence-corrected chi connectivity index (χ2v) is 8.07. The SMILES string of the molecule is CC(C)[C@@H](C)NC(=O)COC(=O)c1ccccc1SCC(=O)N1CCCC1. The monoisotopic (exact) mass is 392 g/mol. The number of rotatable bonds is 8. The van der Waals surface area contributed by atoms with Crippen LogP contribution in [0.25, 0.3) is 0 Å². The molecule has 2 rings (SSSR count). The van der Waals surface area contributed by atoms with Crippen molar-refractivity contribution in [2.75, 3.05) is 25.4 Å². The highest BCUT2D eigenvalue weighted by Crippen LogP contribution is 2.24. The van der Waals surface area contributed by atoms with Crippen LogP contribution in [0.15, 0.2) is 29.2 Å². The van der Waals surface area contributed by atoms with Crippen LogP contribution in [0.1, 0.15) is 44.0 Å². The van der Waals surface area contributed by atoms with Crippen molar-refractivity contribution in [3.63, 3.8) is 0 Å². The van der Waals surface area contributed by atoms with Gasteiger partial charge in [0.05, 0.1) is 11.3 Å². The molecule has 1 atom stereocenters. The van der Waals surface area contributed by atoms with Crippen molar-refractivity contribution in [2.45, 2.75) is 44.6 Å². The fourth-order valence-electron chi connectivity index (χ4n) is 2.63. The summed E-state index contributed by atoms with van der Waals surface area (Å²) >= 11 is 1.33. The number of amides is 2. The van der Waals surface area contributed by atoms with Gasteiger partial charge < -0.3 is 15.0 Å². The van der Waals surface area contributed by atoms with Crippen LogP contribution in [0.3, 0.4) is 0 Å². The predicted molar refractivity (Wildman–Crippen MR) is 106 cm³/mol. The maximum Gasteiger partial charge on any atom is 0.339 e. The number of hydrogen-bond donors (Lipinski definition) is 1. The highest BCUT2D eigenvalue weighted by atomic mass is 32.2. The summed E-state index contributed by atoms with van der Waals surface area (Å²) in [5.74, 6) is -0.202. The van der Waals surface area contributed by atoms with Gasteiger partial charge >= 0.3 is 5.97 Å². The molecule has 1 aliphatic rings. The van der Waals surface area contributed by atoms with Crippen LogP contribution in [0.4, 0.5) is 0 Å². The van der Waals surface area contributed by atoms with E-state index in [1.165, 1.54) is 11.8 Å². The molecule has 1 aliphatic heterocycles. The molecule has 0 aliphatic carbocycles. The molecule has 1 aromatic rings. The van der Waals surface area contributed by atoms with Crippen LogP contribution >= 0.6 is 11.8 Å². The lowest BCUT2D eigenvalue weighted by molar-refractivity contribution is -0.127. The van der Waals surface area contributed by atoms with E-state index in [0.29, 0.717) is 16.4 Å². The Bertz CT molecular complexity index is 672. The Labute approximate surface area is 165 Å². The summed E-state index contributed by atoms with van der Waals surface area (Å²) in [4.78, 5) is 39.0. The van der Waals surface area contributed by atoms with Crippen LogP contribution in [0.5, 0.6) is 0 Å². The number of carbonyl (C=O) groups excluding carboxylic acids is 3. The number of benzene rings is 1. The molecule has 0 radical (unpaired) electrons. The number of nitrogens with one attached hydrogen (secondary N) is 1. The van der Waals surface area contributed by atoms with Crippen LogP contribution in [-0.2, 0) is 14.3 Å². The zero-order valence-corrected chi connectivity index (χ0v) is 17.0. The van der Waals surface area contributed by atoms with E-state index in [4.69, 9.17) is 4.74 Å². The Kier molecular flexibility index (Phi) is 8.16. The summed E-state index contributed by atoms with van der Waals surface area (Å²) in [6.07, 6.45) is 2.10. The molecule has 1 aromatic carbocycles. The van der Waals surface area contributed by atoms with Gasteiger partial charge in [0.1, 0.15) is 0 Å². The number of nitrogens with zero attached hydrogens (tertiary/aromatic N) is 1. The molecule has 0 spiro atoms. The molecule has 1 N–H and O–H groups in total. The van der Waals surface area contributed by atoms with E-state index in [0.717, 1.165) is 25.9 Å². The number of carbonyl (C=O) groups is 3. The lowest BCUT2D eigenvalue weighted by atomic mass is 10.1. The van der Waals surface area contributed by atoms with Gasteiger partial charge in [-0.3, -0.25) is 9.59 Å². The molecule has 0 aromatic heterocycles. The Morgan fingerprint density at radius 3 is 2.48 bits per heavy atom. The fourth-order valence-corrected chi connectivity index (χ4v) is 3.57. The van der Waals surface area contributed by atoms with Crippen LogP contribution in [0, 0.1) is 5.92 Å². The first-order valence-electron chi connectivity index (χ1n) is 9.34. The quantitative estimate of drug-likeness (QED) is 0.544. The van der Waals surface area contributed by atoms with E-state index < -0.39 is 5.97 Å². The van der Waals surface area contributed by atoms with E-state index in [1.54, 1.807) is 18.2 Å². The first-order chi connectivity index (χ1) is 12.9. The zero-order valence-electron chi connectivity index (χ0n) is 16.2. The van der Waals surface area contributed by atoms with Crippen LogP contribution in [-0.4, -0.2) is 54.2 Å². The first-order valence-corrected chi connectivity index (χ1v) is 10.3. The average molecular weight is 393 g/mol. The van der Waals surface area contributed by atoms with Gasteiger partial charge in [-0.05, 0) is 37.8 Å². The molecule has 148 valence electrons. The van der Waals surface area contributed by atoms with Gasteiger partial charge in [0.15, 0.2) is 6.61 Å². The molecule has 1 heterocycles. The predicted octanol–water partition coefficient (Wildman–Crippen LogP) is 2.72. The normalized spacial score (nSPS) is 14.9.